The highest BCUT2D eigenvalue weighted by Crippen LogP contribution is 2.70. The fourth-order valence-electron chi connectivity index (χ4n) is 18.1. The van der Waals surface area contributed by atoms with Crippen LogP contribution in [0.15, 0.2) is 0 Å². The molecule has 0 N–H and O–H groups in total. The average Bonchev–Trinajstić information content (AvgIpc) is 3.81. The van der Waals surface area contributed by atoms with E-state index in [0.29, 0.717) is 5.41 Å². The standard InChI is InChI=1S/C47H80.CH4/c1-7-9-16-38(37-24-23-34(14-8-2)45-36-19-12-15-33(36)22-25-41(37)45)46-35-26-27-47(28-29(3)30(4)32(47)6)43-21-13-20-42(43)44(31(35)5)39-17-10-11-18-40(39)46;/h29-46H,7-28H2,1-6H3;1H4. The molecular weight excluding hydrogens is 577 g/mol. The molecule has 8 aliphatic rings. The minimum atomic E-state index is 0. The quantitative estimate of drug-likeness (QED) is 0.255. The van der Waals surface area contributed by atoms with Gasteiger partial charge in [-0.1, -0.05) is 107 Å². The summed E-state index contributed by atoms with van der Waals surface area (Å²) in [6, 6.07) is 0. The molecule has 0 saturated heterocycles. The zero-order valence-corrected chi connectivity index (χ0v) is 32.4. The van der Waals surface area contributed by atoms with Crippen molar-refractivity contribution in [2.24, 2.45) is 112 Å². The molecule has 0 radical (unpaired) electrons. The van der Waals surface area contributed by atoms with Crippen LogP contribution in [0.25, 0.3) is 0 Å². The second kappa shape index (κ2) is 14.8. The summed E-state index contributed by atoms with van der Waals surface area (Å²) in [4.78, 5) is 0. The number of hydrogen-bond donors (Lipinski definition) is 0. The van der Waals surface area contributed by atoms with Gasteiger partial charge >= 0.3 is 0 Å². The van der Waals surface area contributed by atoms with Crippen LogP contribution in [-0.4, -0.2) is 0 Å². The van der Waals surface area contributed by atoms with Crippen LogP contribution in [-0.2, 0) is 0 Å². The van der Waals surface area contributed by atoms with Crippen molar-refractivity contribution in [3.63, 3.8) is 0 Å². The second-order valence-corrected chi connectivity index (χ2v) is 20.9. The van der Waals surface area contributed by atoms with Crippen molar-refractivity contribution in [2.45, 2.75) is 190 Å². The third kappa shape index (κ3) is 5.78. The van der Waals surface area contributed by atoms with Crippen LogP contribution >= 0.6 is 0 Å². The lowest BCUT2D eigenvalue weighted by Gasteiger charge is -2.63. The van der Waals surface area contributed by atoms with E-state index in [4.69, 9.17) is 0 Å². The van der Waals surface area contributed by atoms with Crippen molar-refractivity contribution in [3.8, 4) is 0 Å². The molecule has 8 aliphatic carbocycles. The maximum absolute atomic E-state index is 2.89. The molecular formula is C48H84. The van der Waals surface area contributed by atoms with E-state index in [1.165, 1.54) is 19.3 Å². The van der Waals surface area contributed by atoms with E-state index in [-0.39, 0.29) is 7.43 Å². The van der Waals surface area contributed by atoms with E-state index < -0.39 is 0 Å². The van der Waals surface area contributed by atoms with Crippen LogP contribution in [0.5, 0.6) is 0 Å². The fraction of sp³-hybridized carbons (Fsp3) is 1.00. The van der Waals surface area contributed by atoms with Crippen molar-refractivity contribution in [1.82, 2.24) is 0 Å². The normalized spacial score (nSPS) is 53.5. The zero-order valence-electron chi connectivity index (χ0n) is 32.4. The molecule has 8 saturated carbocycles. The van der Waals surface area contributed by atoms with Crippen LogP contribution in [0, 0.1) is 112 Å². The Balaban J connectivity index is 0.00000364. The largest absolute Gasteiger partial charge is 0.0776 e. The van der Waals surface area contributed by atoms with Gasteiger partial charge in [0.1, 0.15) is 0 Å². The highest BCUT2D eigenvalue weighted by Gasteiger charge is 2.63. The third-order valence-corrected chi connectivity index (χ3v) is 19.8. The van der Waals surface area contributed by atoms with E-state index in [0.717, 1.165) is 107 Å². The SMILES string of the molecule is C.CCCCC(C1CCC(CCC)C2C3CCCC3CCC12)C1C2CCC3(CC(C)C(C)C3C)C3CCCC3C(C2C)C2CCCCC21. The Morgan fingerprint density at radius 2 is 1.35 bits per heavy atom. The predicted molar refractivity (Wildman–Crippen MR) is 208 cm³/mol. The van der Waals surface area contributed by atoms with E-state index >= 15 is 0 Å². The van der Waals surface area contributed by atoms with E-state index in [2.05, 4.69) is 41.5 Å². The van der Waals surface area contributed by atoms with E-state index in [1.54, 1.807) is 122 Å². The molecule has 0 heterocycles. The Morgan fingerprint density at radius 1 is 0.604 bits per heavy atom. The first-order valence-electron chi connectivity index (χ1n) is 22.9. The zero-order chi connectivity index (χ0) is 32.4. The van der Waals surface area contributed by atoms with E-state index in [9.17, 15) is 0 Å². The van der Waals surface area contributed by atoms with Crippen molar-refractivity contribution >= 4 is 0 Å². The Hall–Kier alpha value is 0. The lowest BCUT2D eigenvalue weighted by atomic mass is 9.42. The van der Waals surface area contributed by atoms with Crippen LogP contribution in [0.1, 0.15) is 190 Å². The molecule has 48 heavy (non-hydrogen) atoms. The molecule has 0 amide bonds. The lowest BCUT2D eigenvalue weighted by Crippen LogP contribution is -2.57. The first kappa shape index (κ1) is 36.4. The van der Waals surface area contributed by atoms with E-state index in [1.807, 2.05) is 0 Å². The first-order valence-corrected chi connectivity index (χ1v) is 22.9. The van der Waals surface area contributed by atoms with Gasteiger partial charge in [0, 0.05) is 0 Å². The van der Waals surface area contributed by atoms with Crippen molar-refractivity contribution in [2.75, 3.05) is 0 Å². The molecule has 276 valence electrons. The van der Waals surface area contributed by atoms with Gasteiger partial charge in [-0.15, -0.1) is 0 Å². The number of hydrogen-bond acceptors (Lipinski definition) is 0. The third-order valence-electron chi connectivity index (χ3n) is 19.8. The van der Waals surface area contributed by atoms with Crippen molar-refractivity contribution < 1.29 is 0 Å². The van der Waals surface area contributed by atoms with Gasteiger partial charge in [0.2, 0.25) is 0 Å². The second-order valence-electron chi connectivity index (χ2n) is 20.9. The van der Waals surface area contributed by atoms with Crippen LogP contribution in [0.3, 0.4) is 0 Å². The molecule has 0 aliphatic heterocycles. The number of unbranched alkanes of at least 4 members (excludes halogenated alkanes) is 1. The Bertz CT molecular complexity index is 1040. The maximum atomic E-state index is 2.89. The van der Waals surface area contributed by atoms with Gasteiger partial charge in [-0.3, -0.25) is 0 Å². The maximum Gasteiger partial charge on any atom is -0.0235 e. The molecule has 19 atom stereocenters. The molecule has 2 bridgehead atoms. The summed E-state index contributed by atoms with van der Waals surface area (Å²) in [5, 5.41) is 0. The molecule has 0 aromatic rings. The Labute approximate surface area is 301 Å². The molecule has 0 aromatic heterocycles. The Kier molecular flexibility index (Phi) is 11.2. The first-order chi connectivity index (χ1) is 22.9. The van der Waals surface area contributed by atoms with Gasteiger partial charge < -0.3 is 0 Å². The number of fused-ring (bicyclic) bond motifs is 10. The van der Waals surface area contributed by atoms with Gasteiger partial charge in [0.15, 0.2) is 0 Å². The summed E-state index contributed by atoms with van der Waals surface area (Å²) in [6.07, 6.45) is 34.7. The van der Waals surface area contributed by atoms with Gasteiger partial charge in [-0.2, -0.15) is 0 Å². The molecule has 0 nitrogen and oxygen atoms in total. The molecule has 8 fully saturated rings. The van der Waals surface area contributed by atoms with Crippen LogP contribution in [0.4, 0.5) is 0 Å². The lowest BCUT2D eigenvalue weighted by molar-refractivity contribution is -0.145. The van der Waals surface area contributed by atoms with Crippen molar-refractivity contribution in [1.29, 1.82) is 0 Å². The van der Waals surface area contributed by atoms with Gasteiger partial charge in [0.05, 0.1) is 0 Å². The molecule has 19 unspecified atom stereocenters. The summed E-state index contributed by atoms with van der Waals surface area (Å²) in [6.45, 7) is 16.0. The minimum Gasteiger partial charge on any atom is -0.0776 e. The van der Waals surface area contributed by atoms with Gasteiger partial charge in [-0.25, -0.2) is 0 Å². The predicted octanol–water partition coefficient (Wildman–Crippen LogP) is 14.5. The monoisotopic (exact) mass is 661 g/mol. The summed E-state index contributed by atoms with van der Waals surface area (Å²) in [5.74, 6) is 18.9. The van der Waals surface area contributed by atoms with Crippen LogP contribution in [0.2, 0.25) is 0 Å². The molecule has 1 spiro atoms. The van der Waals surface area contributed by atoms with Crippen LogP contribution < -0.4 is 0 Å². The highest BCUT2D eigenvalue weighted by molar-refractivity contribution is 5.11. The fourth-order valence-corrected chi connectivity index (χ4v) is 18.1. The topological polar surface area (TPSA) is 0 Å². The summed E-state index contributed by atoms with van der Waals surface area (Å²) in [7, 11) is 0. The molecule has 0 heteroatoms. The van der Waals surface area contributed by atoms with Crippen molar-refractivity contribution in [3.05, 3.63) is 0 Å². The summed E-state index contributed by atoms with van der Waals surface area (Å²) >= 11 is 0. The molecule has 8 rings (SSSR count). The smallest absolute Gasteiger partial charge is 0.0235 e. The highest BCUT2D eigenvalue weighted by atomic mass is 14.7. The summed E-state index contributed by atoms with van der Waals surface area (Å²) in [5.41, 5.74) is 0.672. The molecule has 0 aromatic carbocycles. The van der Waals surface area contributed by atoms with Gasteiger partial charge in [0.25, 0.3) is 0 Å². The van der Waals surface area contributed by atoms with Gasteiger partial charge in [-0.05, 0) is 195 Å². The Morgan fingerprint density at radius 3 is 2.10 bits per heavy atom. The minimum absolute atomic E-state index is 0. The average molecular weight is 661 g/mol. The number of rotatable bonds is 7. The summed E-state index contributed by atoms with van der Waals surface area (Å²) < 4.78 is 0.